The number of hydrogen-bond acceptors (Lipinski definition) is 5. The molecule has 0 aliphatic carbocycles. The van der Waals surface area contributed by atoms with Gasteiger partial charge in [0.05, 0.1) is 12.3 Å². The third kappa shape index (κ3) is 3.04. The molecule has 6 heteroatoms. The molecule has 0 saturated heterocycles. The topological polar surface area (TPSA) is 52.8 Å². The summed E-state index contributed by atoms with van der Waals surface area (Å²) in [7, 11) is 1.68. The zero-order valence-corrected chi connectivity index (χ0v) is 10.6. The average Bonchev–Trinajstić information content (AvgIpc) is 2.79. The largest absolute Gasteiger partial charge is 0.384 e. The number of rotatable bonds is 5. The molecule has 0 N–H and O–H groups in total. The van der Waals surface area contributed by atoms with Gasteiger partial charge in [0, 0.05) is 12.9 Å². The minimum atomic E-state index is 0.686. The predicted octanol–water partition coefficient (Wildman–Crippen LogP) is 1.71. The lowest BCUT2D eigenvalue weighted by Crippen LogP contribution is -2.00. The van der Waals surface area contributed by atoms with Crippen LogP contribution in [0.4, 0.5) is 0 Å². The maximum absolute atomic E-state index is 5.00. The summed E-state index contributed by atoms with van der Waals surface area (Å²) in [5, 5.41) is 12.5. The maximum Gasteiger partial charge on any atom is 0.214 e. The van der Waals surface area contributed by atoms with Crippen molar-refractivity contribution < 1.29 is 4.74 Å². The van der Waals surface area contributed by atoms with E-state index in [1.807, 2.05) is 24.3 Å². The smallest absolute Gasteiger partial charge is 0.214 e. The van der Waals surface area contributed by atoms with Gasteiger partial charge in [0.25, 0.3) is 0 Å². The fourth-order valence-corrected chi connectivity index (χ4v) is 2.12. The Morgan fingerprint density at radius 3 is 2.76 bits per heavy atom. The van der Waals surface area contributed by atoms with Crippen molar-refractivity contribution in [1.29, 1.82) is 0 Å². The van der Waals surface area contributed by atoms with Crippen molar-refractivity contribution in [3.63, 3.8) is 0 Å². The van der Waals surface area contributed by atoms with E-state index >= 15 is 0 Å². The Morgan fingerprint density at radius 2 is 2.06 bits per heavy atom. The molecule has 1 aromatic carbocycles. The van der Waals surface area contributed by atoms with Crippen molar-refractivity contribution in [1.82, 2.24) is 20.2 Å². The van der Waals surface area contributed by atoms with E-state index in [1.54, 1.807) is 23.6 Å². The van der Waals surface area contributed by atoms with Crippen LogP contribution in [0.15, 0.2) is 29.4 Å². The molecule has 0 aliphatic heterocycles. The van der Waals surface area contributed by atoms with Crippen LogP contribution in [0.3, 0.4) is 0 Å². The number of methoxy groups -OCH3 is 1. The van der Waals surface area contributed by atoms with Gasteiger partial charge in [-0.1, -0.05) is 29.5 Å². The van der Waals surface area contributed by atoms with Crippen LogP contribution in [0.5, 0.6) is 0 Å². The first kappa shape index (κ1) is 12.1. The summed E-state index contributed by atoms with van der Waals surface area (Å²) >= 11 is 1.58. The van der Waals surface area contributed by atoms with Crippen molar-refractivity contribution >= 4 is 11.8 Å². The lowest BCUT2D eigenvalue weighted by atomic mass is 10.2. The van der Waals surface area contributed by atoms with Crippen LogP contribution in [-0.2, 0) is 4.74 Å². The molecule has 0 atom stereocenters. The summed E-state index contributed by atoms with van der Waals surface area (Å²) in [5.41, 5.74) is 2.19. The van der Waals surface area contributed by atoms with Gasteiger partial charge < -0.3 is 4.74 Å². The lowest BCUT2D eigenvalue weighted by Gasteiger charge is -2.04. The fraction of sp³-hybridized carbons (Fsp3) is 0.364. The van der Waals surface area contributed by atoms with Crippen LogP contribution >= 0.6 is 11.8 Å². The second kappa shape index (κ2) is 5.79. The Hall–Kier alpha value is -1.40. The third-order valence-corrected chi connectivity index (χ3v) is 3.12. The number of tetrazole rings is 1. The summed E-state index contributed by atoms with van der Waals surface area (Å²) in [5.74, 6) is 0.836. The van der Waals surface area contributed by atoms with E-state index < -0.39 is 0 Å². The molecule has 0 unspecified atom stereocenters. The second-order valence-electron chi connectivity index (χ2n) is 3.55. The monoisotopic (exact) mass is 250 g/mol. The highest BCUT2D eigenvalue weighted by atomic mass is 32.2. The van der Waals surface area contributed by atoms with Gasteiger partial charge in [-0.15, -0.1) is 5.10 Å². The molecule has 17 heavy (non-hydrogen) atoms. The minimum Gasteiger partial charge on any atom is -0.384 e. The van der Waals surface area contributed by atoms with Gasteiger partial charge in [0.1, 0.15) is 0 Å². The van der Waals surface area contributed by atoms with Gasteiger partial charge in [-0.25, -0.2) is 0 Å². The molecule has 0 aliphatic rings. The van der Waals surface area contributed by atoms with Crippen molar-refractivity contribution in [2.75, 3.05) is 19.5 Å². The number of hydrogen-bond donors (Lipinski definition) is 0. The van der Waals surface area contributed by atoms with Crippen LogP contribution in [0.2, 0.25) is 0 Å². The number of benzene rings is 1. The minimum absolute atomic E-state index is 0.686. The van der Waals surface area contributed by atoms with E-state index in [0.29, 0.717) is 6.61 Å². The molecule has 2 rings (SSSR count). The Labute approximate surface area is 104 Å². The molecule has 1 aromatic heterocycles. The molecular weight excluding hydrogens is 236 g/mol. The molecule has 0 fully saturated rings. The number of thioether (sulfide) groups is 1. The quantitative estimate of drug-likeness (QED) is 0.597. The van der Waals surface area contributed by atoms with Gasteiger partial charge in [-0.05, 0) is 29.5 Å². The molecule has 2 aromatic rings. The lowest BCUT2D eigenvalue weighted by molar-refractivity contribution is 0.218. The SMILES string of the molecule is COCCSc1nnnn1-c1ccc(C)cc1. The highest BCUT2D eigenvalue weighted by molar-refractivity contribution is 7.99. The Morgan fingerprint density at radius 1 is 1.29 bits per heavy atom. The van der Waals surface area contributed by atoms with Gasteiger partial charge >= 0.3 is 0 Å². The van der Waals surface area contributed by atoms with Gasteiger partial charge in [-0.2, -0.15) is 4.68 Å². The number of aromatic nitrogens is 4. The average molecular weight is 250 g/mol. The highest BCUT2D eigenvalue weighted by Crippen LogP contribution is 2.17. The zero-order valence-electron chi connectivity index (χ0n) is 9.83. The third-order valence-electron chi connectivity index (χ3n) is 2.24. The Bertz CT molecular complexity index is 469. The number of ether oxygens (including phenoxy) is 1. The summed E-state index contributed by atoms with van der Waals surface area (Å²) in [6.07, 6.45) is 0. The van der Waals surface area contributed by atoms with Crippen LogP contribution < -0.4 is 0 Å². The normalized spacial score (nSPS) is 10.7. The van der Waals surface area contributed by atoms with Crippen LogP contribution in [-0.4, -0.2) is 39.7 Å². The van der Waals surface area contributed by atoms with Gasteiger partial charge in [-0.3, -0.25) is 0 Å². The molecule has 0 amide bonds. The first-order chi connectivity index (χ1) is 8.31. The second-order valence-corrected chi connectivity index (χ2v) is 4.61. The molecule has 5 nitrogen and oxygen atoms in total. The predicted molar refractivity (Wildman–Crippen MR) is 66.5 cm³/mol. The molecule has 0 bridgehead atoms. The van der Waals surface area contributed by atoms with E-state index in [4.69, 9.17) is 4.74 Å². The summed E-state index contributed by atoms with van der Waals surface area (Å²) in [4.78, 5) is 0. The molecule has 0 radical (unpaired) electrons. The van der Waals surface area contributed by atoms with Crippen LogP contribution in [0.25, 0.3) is 5.69 Å². The maximum atomic E-state index is 5.00. The zero-order chi connectivity index (χ0) is 12.1. The van der Waals surface area contributed by atoms with Crippen LogP contribution in [0.1, 0.15) is 5.56 Å². The van der Waals surface area contributed by atoms with Crippen molar-refractivity contribution in [3.8, 4) is 5.69 Å². The van der Waals surface area contributed by atoms with E-state index in [0.717, 1.165) is 16.6 Å². The van der Waals surface area contributed by atoms with E-state index in [9.17, 15) is 0 Å². The highest BCUT2D eigenvalue weighted by Gasteiger charge is 2.08. The summed E-state index contributed by atoms with van der Waals surface area (Å²) in [6.45, 7) is 2.74. The van der Waals surface area contributed by atoms with E-state index in [2.05, 4.69) is 22.4 Å². The molecule has 1 heterocycles. The summed E-state index contributed by atoms with van der Waals surface area (Å²) < 4.78 is 6.74. The molecule has 90 valence electrons. The van der Waals surface area contributed by atoms with Crippen LogP contribution in [0, 0.1) is 6.92 Å². The fourth-order valence-electron chi connectivity index (χ4n) is 1.33. The number of nitrogens with zero attached hydrogens (tertiary/aromatic N) is 4. The van der Waals surface area contributed by atoms with E-state index in [-0.39, 0.29) is 0 Å². The summed E-state index contributed by atoms with van der Waals surface area (Å²) in [6, 6.07) is 8.10. The first-order valence-electron chi connectivity index (χ1n) is 5.28. The van der Waals surface area contributed by atoms with Gasteiger partial charge in [0.15, 0.2) is 0 Å². The Kier molecular flexibility index (Phi) is 4.11. The van der Waals surface area contributed by atoms with Crippen molar-refractivity contribution in [3.05, 3.63) is 29.8 Å². The van der Waals surface area contributed by atoms with E-state index in [1.165, 1.54) is 5.56 Å². The molecule has 0 saturated carbocycles. The van der Waals surface area contributed by atoms with Gasteiger partial charge in [0.2, 0.25) is 5.16 Å². The standard InChI is InChI=1S/C11H14N4OS/c1-9-3-5-10(6-4-9)15-11(12-13-14-15)17-8-7-16-2/h3-6H,7-8H2,1-2H3. The Balaban J connectivity index is 2.15. The molecule has 0 spiro atoms. The van der Waals surface area contributed by atoms with Crippen molar-refractivity contribution in [2.24, 2.45) is 0 Å². The van der Waals surface area contributed by atoms with Crippen molar-refractivity contribution in [2.45, 2.75) is 12.1 Å². The number of aryl methyl sites for hydroxylation is 1. The molecular formula is C11H14N4OS. The first-order valence-corrected chi connectivity index (χ1v) is 6.27.